The zero-order chi connectivity index (χ0) is 11.6. The molecule has 0 atom stereocenters. The fourth-order valence-corrected chi connectivity index (χ4v) is 1.70. The first-order valence-electron chi connectivity index (χ1n) is 3.81. The van der Waals surface area contributed by atoms with Crippen LogP contribution in [0.3, 0.4) is 0 Å². The van der Waals surface area contributed by atoms with E-state index < -0.39 is 11.5 Å². The minimum atomic E-state index is -2.96. The molecule has 0 fully saturated rings. The summed E-state index contributed by atoms with van der Waals surface area (Å²) in [5.74, 6) is -0.0874. The molecular formula is C8H6BrF2NO3. The Kier molecular flexibility index (Phi) is 3.57. The molecule has 0 heterocycles. The zero-order valence-corrected chi connectivity index (χ0v) is 9.12. The molecule has 0 spiro atoms. The summed E-state index contributed by atoms with van der Waals surface area (Å²) in [6.45, 7) is -1.50. The second-order valence-electron chi connectivity index (χ2n) is 2.71. The molecule has 0 saturated carbocycles. The molecule has 0 saturated heterocycles. The molecule has 0 aliphatic carbocycles. The number of benzene rings is 1. The summed E-state index contributed by atoms with van der Waals surface area (Å²) in [6, 6.07) is 2.28. The molecule has 15 heavy (non-hydrogen) atoms. The lowest BCUT2D eigenvalue weighted by molar-refractivity contribution is -0.385. The third-order valence-electron chi connectivity index (χ3n) is 1.63. The number of alkyl halides is 2. The minimum Gasteiger partial charge on any atom is -0.433 e. The molecule has 1 aromatic carbocycles. The molecule has 4 nitrogen and oxygen atoms in total. The molecule has 0 radical (unpaired) electrons. The van der Waals surface area contributed by atoms with E-state index in [1.807, 2.05) is 0 Å². The van der Waals surface area contributed by atoms with Crippen LogP contribution in [0.15, 0.2) is 16.6 Å². The van der Waals surface area contributed by atoms with Crippen molar-refractivity contribution >= 4 is 21.6 Å². The molecule has 1 rings (SSSR count). The number of hydrogen-bond donors (Lipinski definition) is 0. The van der Waals surface area contributed by atoms with E-state index in [2.05, 4.69) is 20.7 Å². The topological polar surface area (TPSA) is 52.4 Å². The molecule has 0 aliphatic heterocycles. The fraction of sp³-hybridized carbons (Fsp3) is 0.250. The molecule has 0 unspecified atom stereocenters. The van der Waals surface area contributed by atoms with E-state index in [0.717, 1.165) is 6.07 Å². The van der Waals surface area contributed by atoms with Gasteiger partial charge in [0, 0.05) is 12.1 Å². The van der Waals surface area contributed by atoms with Crippen LogP contribution >= 0.6 is 15.9 Å². The largest absolute Gasteiger partial charge is 0.433 e. The summed E-state index contributed by atoms with van der Waals surface area (Å²) in [5, 5.41) is 10.4. The Morgan fingerprint density at radius 1 is 1.53 bits per heavy atom. The molecule has 0 N–H and O–H groups in total. The highest BCUT2D eigenvalue weighted by atomic mass is 79.9. The van der Waals surface area contributed by atoms with Crippen LogP contribution < -0.4 is 4.74 Å². The van der Waals surface area contributed by atoms with E-state index in [0.29, 0.717) is 0 Å². The lowest BCUT2D eigenvalue weighted by Crippen LogP contribution is -2.04. The average molecular weight is 282 g/mol. The van der Waals surface area contributed by atoms with Crippen molar-refractivity contribution < 1.29 is 18.4 Å². The molecular weight excluding hydrogens is 276 g/mol. The number of ether oxygens (including phenoxy) is 1. The third kappa shape index (κ3) is 2.85. The number of nitro groups is 1. The maximum Gasteiger partial charge on any atom is 0.387 e. The van der Waals surface area contributed by atoms with Crippen molar-refractivity contribution in [3.05, 3.63) is 32.3 Å². The second kappa shape index (κ2) is 4.52. The predicted molar refractivity (Wildman–Crippen MR) is 52.2 cm³/mol. The van der Waals surface area contributed by atoms with Gasteiger partial charge in [-0.1, -0.05) is 0 Å². The van der Waals surface area contributed by atoms with Crippen molar-refractivity contribution in [3.63, 3.8) is 0 Å². The average Bonchev–Trinajstić information content (AvgIpc) is 2.10. The van der Waals surface area contributed by atoms with Crippen molar-refractivity contribution in [1.82, 2.24) is 0 Å². The van der Waals surface area contributed by atoms with Crippen molar-refractivity contribution in [3.8, 4) is 5.75 Å². The SMILES string of the molecule is Cc1cc([N+](=O)[O-])cc(Br)c1OC(F)F. The molecule has 82 valence electrons. The smallest absolute Gasteiger partial charge is 0.387 e. The monoisotopic (exact) mass is 281 g/mol. The highest BCUT2D eigenvalue weighted by Crippen LogP contribution is 2.34. The van der Waals surface area contributed by atoms with Gasteiger partial charge in [0.15, 0.2) is 0 Å². The lowest BCUT2D eigenvalue weighted by atomic mass is 10.2. The van der Waals surface area contributed by atoms with Gasteiger partial charge in [0.2, 0.25) is 0 Å². The van der Waals surface area contributed by atoms with Gasteiger partial charge in [-0.05, 0) is 28.4 Å². The standard InChI is InChI=1S/C8H6BrF2NO3/c1-4-2-5(12(13)14)3-6(9)7(4)15-8(10)11/h2-3,8H,1H3. The third-order valence-corrected chi connectivity index (χ3v) is 2.22. The van der Waals surface area contributed by atoms with Crippen LogP contribution in [0, 0.1) is 17.0 Å². The van der Waals surface area contributed by atoms with Crippen molar-refractivity contribution in [2.45, 2.75) is 13.5 Å². The van der Waals surface area contributed by atoms with E-state index >= 15 is 0 Å². The van der Waals surface area contributed by atoms with Crippen molar-refractivity contribution in [2.75, 3.05) is 0 Å². The number of aryl methyl sites for hydroxylation is 1. The molecule has 0 amide bonds. The maximum atomic E-state index is 12.0. The molecule has 0 aliphatic rings. The Morgan fingerprint density at radius 2 is 2.13 bits per heavy atom. The van der Waals surface area contributed by atoms with Gasteiger partial charge in [-0.25, -0.2) is 0 Å². The minimum absolute atomic E-state index is 0.0874. The highest BCUT2D eigenvalue weighted by molar-refractivity contribution is 9.10. The van der Waals surface area contributed by atoms with Crippen LogP contribution in [0.4, 0.5) is 14.5 Å². The van der Waals surface area contributed by atoms with Gasteiger partial charge in [-0.15, -0.1) is 0 Å². The summed E-state index contributed by atoms with van der Waals surface area (Å²) >= 11 is 2.93. The summed E-state index contributed by atoms with van der Waals surface area (Å²) in [5.41, 5.74) is 0.0948. The van der Waals surface area contributed by atoms with Gasteiger partial charge in [0.1, 0.15) is 5.75 Å². The van der Waals surface area contributed by atoms with Crippen LogP contribution in [0.5, 0.6) is 5.75 Å². The Bertz CT molecular complexity index is 374. The number of hydrogen-bond acceptors (Lipinski definition) is 3. The van der Waals surface area contributed by atoms with Gasteiger partial charge in [-0.3, -0.25) is 10.1 Å². The van der Waals surface area contributed by atoms with Crippen molar-refractivity contribution in [2.24, 2.45) is 0 Å². The quantitative estimate of drug-likeness (QED) is 0.631. The number of halogens is 3. The van der Waals surface area contributed by atoms with Gasteiger partial charge in [-0.2, -0.15) is 8.78 Å². The second-order valence-corrected chi connectivity index (χ2v) is 3.56. The van der Waals surface area contributed by atoms with Crippen LogP contribution in [-0.4, -0.2) is 11.5 Å². The number of rotatable bonds is 3. The van der Waals surface area contributed by atoms with Gasteiger partial charge >= 0.3 is 6.61 Å². The molecule has 7 heteroatoms. The number of non-ortho nitro benzene ring substituents is 1. The first kappa shape index (κ1) is 11.8. The fourth-order valence-electron chi connectivity index (χ4n) is 1.06. The van der Waals surface area contributed by atoms with E-state index in [4.69, 9.17) is 0 Å². The Labute approximate surface area is 92.1 Å². The van der Waals surface area contributed by atoms with E-state index in [-0.39, 0.29) is 21.5 Å². The molecule has 0 aromatic heterocycles. The Balaban J connectivity index is 3.15. The Morgan fingerprint density at radius 3 is 2.53 bits per heavy atom. The van der Waals surface area contributed by atoms with E-state index in [1.165, 1.54) is 13.0 Å². The summed E-state index contributed by atoms with van der Waals surface area (Å²) in [6.07, 6.45) is 0. The first-order chi connectivity index (χ1) is 6.91. The molecule has 1 aromatic rings. The van der Waals surface area contributed by atoms with Crippen LogP contribution in [0.1, 0.15) is 5.56 Å². The highest BCUT2D eigenvalue weighted by Gasteiger charge is 2.16. The van der Waals surface area contributed by atoms with Crippen molar-refractivity contribution in [1.29, 1.82) is 0 Å². The zero-order valence-electron chi connectivity index (χ0n) is 7.54. The number of nitrogens with zero attached hydrogens (tertiary/aromatic N) is 1. The maximum absolute atomic E-state index is 12.0. The normalized spacial score (nSPS) is 10.5. The van der Waals surface area contributed by atoms with Crippen LogP contribution in [-0.2, 0) is 0 Å². The molecule has 0 bridgehead atoms. The first-order valence-corrected chi connectivity index (χ1v) is 4.60. The number of nitro benzene ring substituents is 1. The predicted octanol–water partition coefficient (Wildman–Crippen LogP) is 3.27. The summed E-state index contributed by atoms with van der Waals surface area (Å²) < 4.78 is 28.3. The van der Waals surface area contributed by atoms with Gasteiger partial charge in [0.05, 0.1) is 9.40 Å². The summed E-state index contributed by atoms with van der Waals surface area (Å²) in [4.78, 5) is 9.83. The lowest BCUT2D eigenvalue weighted by Gasteiger charge is -2.09. The van der Waals surface area contributed by atoms with Crippen LogP contribution in [0.25, 0.3) is 0 Å². The Hall–Kier alpha value is -1.24. The summed E-state index contributed by atoms with van der Waals surface area (Å²) in [7, 11) is 0. The van der Waals surface area contributed by atoms with E-state index in [1.54, 1.807) is 0 Å². The van der Waals surface area contributed by atoms with Crippen LogP contribution in [0.2, 0.25) is 0 Å². The van der Waals surface area contributed by atoms with Gasteiger partial charge < -0.3 is 4.74 Å². The van der Waals surface area contributed by atoms with Gasteiger partial charge in [0.25, 0.3) is 5.69 Å². The van der Waals surface area contributed by atoms with E-state index in [9.17, 15) is 18.9 Å².